The molecule has 1 heterocycles. The highest BCUT2D eigenvalue weighted by Gasteiger charge is 2.25. The quantitative estimate of drug-likeness (QED) is 0.875. The number of likely N-dealkylation sites (tertiary alicyclic amines) is 1. The van der Waals surface area contributed by atoms with E-state index in [1.54, 1.807) is 6.92 Å². The van der Waals surface area contributed by atoms with Crippen LogP contribution in [0.5, 0.6) is 0 Å². The Hall–Kier alpha value is -1.39. The van der Waals surface area contributed by atoms with Crippen molar-refractivity contribution in [1.29, 1.82) is 0 Å². The van der Waals surface area contributed by atoms with Gasteiger partial charge in [0.15, 0.2) is 0 Å². The van der Waals surface area contributed by atoms with Gasteiger partial charge in [0.1, 0.15) is 0 Å². The van der Waals surface area contributed by atoms with Gasteiger partial charge in [-0.05, 0) is 29.4 Å². The standard InChI is InChI=1S/C18H29N3O/c1-13(2)15-4-6-16(7-5-15)17-10-18(19)12-21(11-17)9-8-20-14(3)22/h4-7,13,17-18H,8-12,19H2,1-3H3,(H,20,22). The van der Waals surface area contributed by atoms with Crippen LogP contribution in [0.25, 0.3) is 0 Å². The van der Waals surface area contributed by atoms with E-state index in [4.69, 9.17) is 5.73 Å². The Morgan fingerprint density at radius 3 is 2.59 bits per heavy atom. The Kier molecular flexibility index (Phi) is 5.98. The molecule has 1 fully saturated rings. The molecule has 3 N–H and O–H groups in total. The van der Waals surface area contributed by atoms with Gasteiger partial charge in [-0.15, -0.1) is 0 Å². The number of nitrogens with one attached hydrogen (secondary N) is 1. The molecular formula is C18H29N3O. The van der Waals surface area contributed by atoms with Gasteiger partial charge in [-0.2, -0.15) is 0 Å². The topological polar surface area (TPSA) is 58.4 Å². The fourth-order valence-electron chi connectivity index (χ4n) is 3.20. The van der Waals surface area contributed by atoms with Crippen molar-refractivity contribution in [2.45, 2.75) is 45.1 Å². The van der Waals surface area contributed by atoms with E-state index in [9.17, 15) is 4.79 Å². The predicted octanol–water partition coefficient (Wildman–Crippen LogP) is 2.06. The highest BCUT2D eigenvalue weighted by molar-refractivity contribution is 5.72. The summed E-state index contributed by atoms with van der Waals surface area (Å²) in [4.78, 5) is 13.3. The molecule has 122 valence electrons. The molecule has 0 saturated carbocycles. The summed E-state index contributed by atoms with van der Waals surface area (Å²) in [5.74, 6) is 1.08. The number of amides is 1. The van der Waals surface area contributed by atoms with Crippen molar-refractivity contribution in [3.8, 4) is 0 Å². The molecule has 2 atom stereocenters. The van der Waals surface area contributed by atoms with Crippen LogP contribution in [0.3, 0.4) is 0 Å². The lowest BCUT2D eigenvalue weighted by atomic mass is 9.87. The molecule has 1 aliphatic rings. The number of benzene rings is 1. The van der Waals surface area contributed by atoms with Gasteiger partial charge in [0, 0.05) is 39.1 Å². The lowest BCUT2D eigenvalue weighted by molar-refractivity contribution is -0.119. The van der Waals surface area contributed by atoms with Crippen LogP contribution in [0.15, 0.2) is 24.3 Å². The maximum Gasteiger partial charge on any atom is 0.216 e. The van der Waals surface area contributed by atoms with E-state index in [0.29, 0.717) is 18.4 Å². The molecule has 1 amide bonds. The maximum atomic E-state index is 11.0. The summed E-state index contributed by atoms with van der Waals surface area (Å²) in [5, 5.41) is 2.86. The molecule has 0 aliphatic carbocycles. The first-order chi connectivity index (χ1) is 10.5. The second kappa shape index (κ2) is 7.75. The highest BCUT2D eigenvalue weighted by atomic mass is 16.1. The maximum absolute atomic E-state index is 11.0. The average Bonchev–Trinajstić information content (AvgIpc) is 2.46. The van der Waals surface area contributed by atoms with Crippen LogP contribution in [-0.2, 0) is 4.79 Å². The Balaban J connectivity index is 1.96. The van der Waals surface area contributed by atoms with Crippen molar-refractivity contribution in [1.82, 2.24) is 10.2 Å². The van der Waals surface area contributed by atoms with Crippen molar-refractivity contribution in [3.63, 3.8) is 0 Å². The molecule has 2 rings (SSSR count). The number of hydrogen-bond acceptors (Lipinski definition) is 3. The van der Waals surface area contributed by atoms with Crippen LogP contribution >= 0.6 is 0 Å². The first kappa shape index (κ1) is 17.0. The van der Waals surface area contributed by atoms with Gasteiger partial charge in [0.2, 0.25) is 5.91 Å². The normalized spacial score (nSPS) is 22.8. The Morgan fingerprint density at radius 1 is 1.32 bits per heavy atom. The van der Waals surface area contributed by atoms with Crippen LogP contribution in [-0.4, -0.2) is 43.0 Å². The third-order valence-electron chi connectivity index (χ3n) is 4.44. The van der Waals surface area contributed by atoms with Crippen molar-refractivity contribution in [2.24, 2.45) is 5.73 Å². The number of carbonyl (C=O) groups excluding carboxylic acids is 1. The molecule has 22 heavy (non-hydrogen) atoms. The SMILES string of the molecule is CC(=O)NCCN1CC(N)CC(c2ccc(C(C)C)cc2)C1. The van der Waals surface area contributed by atoms with Crippen LogP contribution in [0, 0.1) is 0 Å². The third kappa shape index (κ3) is 4.82. The largest absolute Gasteiger partial charge is 0.355 e. The van der Waals surface area contributed by atoms with Crippen molar-refractivity contribution < 1.29 is 4.79 Å². The second-order valence-corrected chi connectivity index (χ2v) is 6.76. The van der Waals surface area contributed by atoms with E-state index in [1.807, 2.05) is 0 Å². The zero-order chi connectivity index (χ0) is 16.1. The molecule has 0 spiro atoms. The minimum Gasteiger partial charge on any atom is -0.355 e. The Labute approximate surface area is 134 Å². The lowest BCUT2D eigenvalue weighted by Gasteiger charge is -2.36. The fourth-order valence-corrected chi connectivity index (χ4v) is 3.20. The van der Waals surface area contributed by atoms with Gasteiger partial charge >= 0.3 is 0 Å². The lowest BCUT2D eigenvalue weighted by Crippen LogP contribution is -2.48. The fraction of sp³-hybridized carbons (Fsp3) is 0.611. The molecule has 1 aromatic rings. The first-order valence-electron chi connectivity index (χ1n) is 8.28. The molecule has 0 aromatic heterocycles. The van der Waals surface area contributed by atoms with Gasteiger partial charge in [-0.1, -0.05) is 38.1 Å². The minimum atomic E-state index is 0.0298. The van der Waals surface area contributed by atoms with Gasteiger partial charge in [-0.25, -0.2) is 0 Å². The van der Waals surface area contributed by atoms with Crippen LogP contribution in [0.2, 0.25) is 0 Å². The van der Waals surface area contributed by atoms with E-state index < -0.39 is 0 Å². The van der Waals surface area contributed by atoms with E-state index in [2.05, 4.69) is 48.3 Å². The molecule has 0 radical (unpaired) electrons. The third-order valence-corrected chi connectivity index (χ3v) is 4.44. The molecule has 1 saturated heterocycles. The second-order valence-electron chi connectivity index (χ2n) is 6.76. The molecule has 0 bridgehead atoms. The predicted molar refractivity (Wildman–Crippen MR) is 91.0 cm³/mol. The monoisotopic (exact) mass is 303 g/mol. The molecule has 4 nitrogen and oxygen atoms in total. The summed E-state index contributed by atoms with van der Waals surface area (Å²) in [6, 6.07) is 9.19. The van der Waals surface area contributed by atoms with Gasteiger partial charge in [0.05, 0.1) is 0 Å². The number of rotatable bonds is 5. The van der Waals surface area contributed by atoms with Crippen LogP contribution < -0.4 is 11.1 Å². The van der Waals surface area contributed by atoms with E-state index in [0.717, 1.165) is 26.1 Å². The number of piperidine rings is 1. The summed E-state index contributed by atoms with van der Waals surface area (Å²) in [5.41, 5.74) is 8.99. The van der Waals surface area contributed by atoms with Crippen molar-refractivity contribution in [3.05, 3.63) is 35.4 Å². The first-order valence-corrected chi connectivity index (χ1v) is 8.28. The molecule has 1 aromatic carbocycles. The smallest absolute Gasteiger partial charge is 0.216 e. The summed E-state index contributed by atoms with van der Waals surface area (Å²) in [6.45, 7) is 9.50. The molecular weight excluding hydrogens is 274 g/mol. The van der Waals surface area contributed by atoms with Crippen LogP contribution in [0.1, 0.15) is 50.2 Å². The van der Waals surface area contributed by atoms with Crippen LogP contribution in [0.4, 0.5) is 0 Å². The number of nitrogens with two attached hydrogens (primary N) is 1. The van der Waals surface area contributed by atoms with Gasteiger partial charge in [-0.3, -0.25) is 9.69 Å². The summed E-state index contributed by atoms with van der Waals surface area (Å²) in [6.07, 6.45) is 1.04. The Bertz CT molecular complexity index is 484. The zero-order valence-electron chi connectivity index (χ0n) is 14.0. The van der Waals surface area contributed by atoms with Crippen molar-refractivity contribution >= 4 is 5.91 Å². The van der Waals surface area contributed by atoms with Gasteiger partial charge in [0.25, 0.3) is 0 Å². The molecule has 4 heteroatoms. The zero-order valence-corrected chi connectivity index (χ0v) is 14.0. The number of hydrogen-bond donors (Lipinski definition) is 2. The molecule has 2 unspecified atom stereocenters. The molecule has 1 aliphatic heterocycles. The average molecular weight is 303 g/mol. The highest BCUT2D eigenvalue weighted by Crippen LogP contribution is 2.27. The number of nitrogens with zero attached hydrogens (tertiary/aromatic N) is 1. The minimum absolute atomic E-state index is 0.0298. The summed E-state index contributed by atoms with van der Waals surface area (Å²) >= 11 is 0. The summed E-state index contributed by atoms with van der Waals surface area (Å²) in [7, 11) is 0. The number of carbonyl (C=O) groups is 1. The van der Waals surface area contributed by atoms with E-state index in [-0.39, 0.29) is 11.9 Å². The van der Waals surface area contributed by atoms with E-state index in [1.165, 1.54) is 11.1 Å². The summed E-state index contributed by atoms with van der Waals surface area (Å²) < 4.78 is 0. The Morgan fingerprint density at radius 2 is 2.00 bits per heavy atom. The van der Waals surface area contributed by atoms with Crippen molar-refractivity contribution in [2.75, 3.05) is 26.2 Å². The van der Waals surface area contributed by atoms with E-state index >= 15 is 0 Å². The van der Waals surface area contributed by atoms with Gasteiger partial charge < -0.3 is 11.1 Å².